The molecule has 0 saturated carbocycles. The molecule has 2 nitrogen and oxygen atoms in total. The van der Waals surface area contributed by atoms with Crippen LogP contribution in [-0.2, 0) is 0 Å². The van der Waals surface area contributed by atoms with Gasteiger partial charge in [0.25, 0.3) is 0 Å². The van der Waals surface area contributed by atoms with Crippen molar-refractivity contribution in [1.29, 1.82) is 0 Å². The van der Waals surface area contributed by atoms with Crippen molar-refractivity contribution < 1.29 is 0 Å². The van der Waals surface area contributed by atoms with Gasteiger partial charge in [-0.1, -0.05) is 84.9 Å². The smallest absolute Gasteiger partial charge is 0.0949 e. The van der Waals surface area contributed by atoms with Crippen LogP contribution in [0.4, 0.5) is 0 Å². The molecule has 154 valence electrons. The Morgan fingerprint density at radius 1 is 0.545 bits per heavy atom. The molecule has 33 heavy (non-hydrogen) atoms. The molecule has 3 aromatic heterocycles. The van der Waals surface area contributed by atoms with Gasteiger partial charge in [0.05, 0.1) is 22.2 Å². The van der Waals surface area contributed by atoms with Gasteiger partial charge in [0.15, 0.2) is 0 Å². The molecule has 7 rings (SSSR count). The third kappa shape index (κ3) is 2.71. The Labute approximate surface area is 191 Å². The first-order valence-electron chi connectivity index (χ1n) is 11.2. The first-order chi connectivity index (χ1) is 16.4. The van der Waals surface area contributed by atoms with Gasteiger partial charge in [-0.25, -0.2) is 0 Å². The summed E-state index contributed by atoms with van der Waals surface area (Å²) in [6.45, 7) is 0. The summed E-state index contributed by atoms with van der Waals surface area (Å²) in [4.78, 5) is 4.86. The molecule has 3 heterocycles. The lowest BCUT2D eigenvalue weighted by Crippen LogP contribution is -1.95. The first kappa shape index (κ1) is 18.2. The second-order valence-electron chi connectivity index (χ2n) is 8.48. The lowest BCUT2D eigenvalue weighted by Gasteiger charge is -2.13. The molecule has 4 aromatic carbocycles. The average molecular weight is 421 g/mol. The molecule has 0 bridgehead atoms. The highest BCUT2D eigenvalue weighted by atomic mass is 14.9. The summed E-state index contributed by atoms with van der Waals surface area (Å²) >= 11 is 0. The van der Waals surface area contributed by atoms with Crippen molar-refractivity contribution in [3.05, 3.63) is 121 Å². The molecule has 0 radical (unpaired) electrons. The molecular formula is C31H20N2. The molecule has 0 saturated heterocycles. The highest BCUT2D eigenvalue weighted by Crippen LogP contribution is 2.41. The summed E-state index contributed by atoms with van der Waals surface area (Å²) in [5.74, 6) is 0. The minimum absolute atomic E-state index is 1.03. The SMILES string of the molecule is c1ccc(-c2cc(-c3ccccc3)n3c4cccnc4c4cc5ccccc5cc4c23)cc1. The van der Waals surface area contributed by atoms with Gasteiger partial charge in [-0.2, -0.15) is 0 Å². The molecular weight excluding hydrogens is 400 g/mol. The molecule has 0 N–H and O–H groups in total. The number of nitrogens with zero attached hydrogens (tertiary/aromatic N) is 2. The van der Waals surface area contributed by atoms with Gasteiger partial charge < -0.3 is 4.40 Å². The van der Waals surface area contributed by atoms with E-state index < -0.39 is 0 Å². The number of rotatable bonds is 2. The van der Waals surface area contributed by atoms with Crippen LogP contribution in [0.25, 0.3) is 60.5 Å². The monoisotopic (exact) mass is 420 g/mol. The van der Waals surface area contributed by atoms with Gasteiger partial charge in [-0.3, -0.25) is 4.98 Å². The van der Waals surface area contributed by atoms with Crippen LogP contribution in [0.1, 0.15) is 0 Å². The predicted molar refractivity (Wildman–Crippen MR) is 139 cm³/mol. The summed E-state index contributed by atoms with van der Waals surface area (Å²) in [5.41, 5.74) is 8.20. The summed E-state index contributed by atoms with van der Waals surface area (Å²) in [5, 5.41) is 4.88. The third-order valence-corrected chi connectivity index (χ3v) is 6.58. The fourth-order valence-electron chi connectivity index (χ4n) is 5.10. The van der Waals surface area contributed by atoms with Gasteiger partial charge in [0.2, 0.25) is 0 Å². The van der Waals surface area contributed by atoms with E-state index in [1.807, 2.05) is 12.3 Å². The fourth-order valence-corrected chi connectivity index (χ4v) is 5.10. The predicted octanol–water partition coefficient (Wildman–Crippen LogP) is 8.13. The van der Waals surface area contributed by atoms with Crippen LogP contribution in [-0.4, -0.2) is 9.38 Å². The lowest BCUT2D eigenvalue weighted by molar-refractivity contribution is 1.26. The topological polar surface area (TPSA) is 17.3 Å². The summed E-state index contributed by atoms with van der Waals surface area (Å²) in [7, 11) is 0. The quantitative estimate of drug-likeness (QED) is 0.204. The van der Waals surface area contributed by atoms with Crippen molar-refractivity contribution in [3.8, 4) is 22.4 Å². The van der Waals surface area contributed by atoms with Crippen molar-refractivity contribution in [1.82, 2.24) is 9.38 Å². The molecule has 0 unspecified atom stereocenters. The van der Waals surface area contributed by atoms with Crippen LogP contribution >= 0.6 is 0 Å². The maximum absolute atomic E-state index is 4.86. The van der Waals surface area contributed by atoms with E-state index in [1.54, 1.807) is 0 Å². The maximum Gasteiger partial charge on any atom is 0.0949 e. The lowest BCUT2D eigenvalue weighted by atomic mass is 9.99. The Bertz CT molecular complexity index is 1800. The molecule has 0 aliphatic carbocycles. The number of hydrogen-bond donors (Lipinski definition) is 0. The summed E-state index contributed by atoms with van der Waals surface area (Å²) in [6, 6.07) is 41.1. The number of fused-ring (bicyclic) bond motifs is 7. The number of hydrogen-bond acceptors (Lipinski definition) is 1. The Balaban J connectivity index is 1.78. The number of benzene rings is 4. The summed E-state index contributed by atoms with van der Waals surface area (Å²) < 4.78 is 2.40. The van der Waals surface area contributed by atoms with Crippen molar-refractivity contribution >= 4 is 38.1 Å². The van der Waals surface area contributed by atoms with Crippen molar-refractivity contribution in [3.63, 3.8) is 0 Å². The molecule has 0 aliphatic heterocycles. The van der Waals surface area contributed by atoms with E-state index in [0.29, 0.717) is 0 Å². The second kappa shape index (κ2) is 7.04. The third-order valence-electron chi connectivity index (χ3n) is 6.58. The summed E-state index contributed by atoms with van der Waals surface area (Å²) in [6.07, 6.45) is 1.90. The fraction of sp³-hybridized carbons (Fsp3) is 0. The molecule has 2 heteroatoms. The molecule has 0 amide bonds. The largest absolute Gasteiger partial charge is 0.306 e. The highest BCUT2D eigenvalue weighted by molar-refractivity contribution is 6.19. The van der Waals surface area contributed by atoms with Crippen molar-refractivity contribution in [2.45, 2.75) is 0 Å². The van der Waals surface area contributed by atoms with E-state index >= 15 is 0 Å². The van der Waals surface area contributed by atoms with E-state index in [9.17, 15) is 0 Å². The van der Waals surface area contributed by atoms with Gasteiger partial charge >= 0.3 is 0 Å². The van der Waals surface area contributed by atoms with E-state index in [1.165, 1.54) is 49.4 Å². The van der Waals surface area contributed by atoms with Crippen molar-refractivity contribution in [2.24, 2.45) is 0 Å². The van der Waals surface area contributed by atoms with E-state index in [-0.39, 0.29) is 0 Å². The van der Waals surface area contributed by atoms with Gasteiger partial charge in [0, 0.05) is 22.5 Å². The number of aromatic nitrogens is 2. The Morgan fingerprint density at radius 3 is 1.91 bits per heavy atom. The Kier molecular flexibility index (Phi) is 3.88. The van der Waals surface area contributed by atoms with E-state index in [4.69, 9.17) is 4.98 Å². The molecule has 7 aromatic rings. The zero-order valence-electron chi connectivity index (χ0n) is 17.9. The normalized spacial score (nSPS) is 11.6. The minimum atomic E-state index is 1.03. The zero-order valence-corrected chi connectivity index (χ0v) is 17.9. The highest BCUT2D eigenvalue weighted by Gasteiger charge is 2.19. The zero-order chi connectivity index (χ0) is 21.8. The van der Waals surface area contributed by atoms with Gasteiger partial charge in [-0.15, -0.1) is 0 Å². The van der Waals surface area contributed by atoms with Crippen molar-refractivity contribution in [2.75, 3.05) is 0 Å². The van der Waals surface area contributed by atoms with Gasteiger partial charge in [-0.05, 0) is 52.2 Å². The van der Waals surface area contributed by atoms with E-state index in [2.05, 4.69) is 114 Å². The van der Waals surface area contributed by atoms with Gasteiger partial charge in [0.1, 0.15) is 0 Å². The first-order valence-corrected chi connectivity index (χ1v) is 11.2. The average Bonchev–Trinajstić information content (AvgIpc) is 3.30. The Hall–Kier alpha value is -4.43. The van der Waals surface area contributed by atoms with Crippen LogP contribution in [0.15, 0.2) is 121 Å². The van der Waals surface area contributed by atoms with E-state index in [0.717, 1.165) is 11.0 Å². The van der Waals surface area contributed by atoms with Crippen LogP contribution in [0.5, 0.6) is 0 Å². The molecule has 0 aliphatic rings. The minimum Gasteiger partial charge on any atom is -0.306 e. The standard InChI is InChI=1S/C31H20N2/c1-3-10-21(11-4-1)25-20-29(22-12-5-2-6-13-22)33-28-16-9-17-32-30(28)26-18-23-14-7-8-15-24(23)19-27(26)31(25)33/h1-20H. The second-order valence-corrected chi connectivity index (χ2v) is 8.48. The van der Waals surface area contributed by atoms with Crippen LogP contribution in [0, 0.1) is 0 Å². The molecule has 0 spiro atoms. The molecule has 0 atom stereocenters. The Morgan fingerprint density at radius 2 is 1.18 bits per heavy atom. The number of pyridine rings is 2. The van der Waals surface area contributed by atoms with Crippen LogP contribution in [0.3, 0.4) is 0 Å². The maximum atomic E-state index is 4.86. The van der Waals surface area contributed by atoms with Crippen LogP contribution < -0.4 is 0 Å². The van der Waals surface area contributed by atoms with Crippen LogP contribution in [0.2, 0.25) is 0 Å². The molecule has 0 fully saturated rings.